The first-order chi connectivity index (χ1) is 14.0. The van der Waals surface area contributed by atoms with E-state index in [1.165, 1.54) is 4.90 Å². The molecule has 1 aromatic heterocycles. The lowest BCUT2D eigenvalue weighted by Crippen LogP contribution is -2.45. The van der Waals surface area contributed by atoms with Crippen LogP contribution in [0.5, 0.6) is 0 Å². The summed E-state index contributed by atoms with van der Waals surface area (Å²) >= 11 is 1.72. The van der Waals surface area contributed by atoms with E-state index in [0.29, 0.717) is 18.7 Å². The van der Waals surface area contributed by atoms with Crippen LogP contribution < -0.4 is 5.32 Å². The fraction of sp³-hybridized carbons (Fsp3) is 0.400. The summed E-state index contributed by atoms with van der Waals surface area (Å²) in [5.74, 6) is -0.610. The van der Waals surface area contributed by atoms with Crippen molar-refractivity contribution in [3.63, 3.8) is 0 Å². The number of piperidine rings is 1. The first kappa shape index (κ1) is 19.5. The number of amides is 2. The molecule has 8 nitrogen and oxygen atoms in total. The Kier molecular flexibility index (Phi) is 5.31. The average Bonchev–Trinajstić information content (AvgIpc) is 3.30. The van der Waals surface area contributed by atoms with Gasteiger partial charge in [-0.1, -0.05) is 18.2 Å². The van der Waals surface area contributed by atoms with Crippen LogP contribution in [0.1, 0.15) is 29.7 Å². The summed E-state index contributed by atoms with van der Waals surface area (Å²) in [6.07, 6.45) is 0.725. The number of para-hydroxylation sites is 1. The summed E-state index contributed by atoms with van der Waals surface area (Å²) < 4.78 is 1.71. The number of fused-ring (bicyclic) bond motifs is 1. The second-order valence-electron chi connectivity index (χ2n) is 7.32. The summed E-state index contributed by atoms with van der Waals surface area (Å²) in [4.78, 5) is 37.9. The zero-order valence-corrected chi connectivity index (χ0v) is 16.9. The molecule has 2 amide bonds. The van der Waals surface area contributed by atoms with Crippen molar-refractivity contribution in [1.29, 1.82) is 0 Å². The van der Waals surface area contributed by atoms with E-state index in [9.17, 15) is 14.4 Å². The number of nitrogens with one attached hydrogen (secondary N) is 1. The minimum atomic E-state index is -0.850. The van der Waals surface area contributed by atoms with E-state index in [2.05, 4.69) is 10.4 Å². The molecule has 0 saturated carbocycles. The zero-order valence-electron chi connectivity index (χ0n) is 16.1. The Morgan fingerprint density at radius 2 is 1.90 bits per heavy atom. The minimum Gasteiger partial charge on any atom is -0.481 e. The highest BCUT2D eigenvalue weighted by Crippen LogP contribution is 2.36. The third-order valence-corrected chi connectivity index (χ3v) is 6.42. The van der Waals surface area contributed by atoms with Crippen LogP contribution in [-0.2, 0) is 25.9 Å². The van der Waals surface area contributed by atoms with Crippen LogP contribution in [0, 0.1) is 12.8 Å². The molecule has 1 saturated heterocycles. The summed E-state index contributed by atoms with van der Waals surface area (Å²) in [6, 6.07) is 7.75. The second-order valence-corrected chi connectivity index (χ2v) is 8.31. The number of aromatic nitrogens is 2. The first-order valence-electron chi connectivity index (χ1n) is 9.53. The monoisotopic (exact) mass is 414 g/mol. The van der Waals surface area contributed by atoms with Crippen molar-refractivity contribution < 1.29 is 19.5 Å². The molecule has 0 aliphatic carbocycles. The van der Waals surface area contributed by atoms with Gasteiger partial charge in [0, 0.05) is 30.2 Å². The largest absolute Gasteiger partial charge is 0.481 e. The van der Waals surface area contributed by atoms with Gasteiger partial charge < -0.3 is 15.3 Å². The number of anilines is 1. The molecule has 0 bridgehead atoms. The van der Waals surface area contributed by atoms with Gasteiger partial charge in [-0.3, -0.25) is 14.4 Å². The topological polar surface area (TPSA) is 105 Å². The van der Waals surface area contributed by atoms with Crippen molar-refractivity contribution >= 4 is 35.4 Å². The number of hydrogen-bond donors (Lipinski definition) is 2. The van der Waals surface area contributed by atoms with Crippen LogP contribution in [0.15, 0.2) is 24.3 Å². The summed E-state index contributed by atoms with van der Waals surface area (Å²) in [5.41, 5.74) is 3.74. The fourth-order valence-corrected chi connectivity index (χ4v) is 4.79. The lowest BCUT2D eigenvalue weighted by atomic mass is 9.97. The van der Waals surface area contributed by atoms with E-state index >= 15 is 0 Å². The predicted molar refractivity (Wildman–Crippen MR) is 109 cm³/mol. The van der Waals surface area contributed by atoms with Crippen LogP contribution in [-0.4, -0.2) is 50.7 Å². The number of benzene rings is 1. The van der Waals surface area contributed by atoms with Crippen molar-refractivity contribution in [2.45, 2.75) is 31.3 Å². The molecule has 0 radical (unpaired) electrons. The predicted octanol–water partition coefficient (Wildman–Crippen LogP) is 2.19. The SMILES string of the molecule is Cc1ccccc1-n1nc2c(c1NC(=O)C(=O)N1CCC(C(=O)O)CC1)CSC2. The van der Waals surface area contributed by atoms with Crippen molar-refractivity contribution in [3.8, 4) is 5.69 Å². The number of carbonyl (C=O) groups is 3. The maximum absolute atomic E-state index is 12.7. The van der Waals surface area contributed by atoms with Gasteiger partial charge in [0.15, 0.2) is 0 Å². The number of carbonyl (C=O) groups excluding carboxylic acids is 2. The summed E-state index contributed by atoms with van der Waals surface area (Å²) in [5, 5.41) is 16.6. The van der Waals surface area contributed by atoms with E-state index in [0.717, 1.165) is 34.0 Å². The minimum absolute atomic E-state index is 0.272. The van der Waals surface area contributed by atoms with Crippen LogP contribution in [0.25, 0.3) is 5.69 Å². The number of carboxylic acids is 1. The first-order valence-corrected chi connectivity index (χ1v) is 10.7. The van der Waals surface area contributed by atoms with Gasteiger partial charge in [0.2, 0.25) is 0 Å². The van der Waals surface area contributed by atoms with Gasteiger partial charge in [-0.2, -0.15) is 16.9 Å². The number of carboxylic acid groups (broad SMARTS) is 1. The number of likely N-dealkylation sites (tertiary alicyclic amines) is 1. The Hall–Kier alpha value is -2.81. The normalized spacial score (nSPS) is 16.5. The number of hydrogen-bond acceptors (Lipinski definition) is 5. The molecular formula is C20H22N4O4S. The highest BCUT2D eigenvalue weighted by atomic mass is 32.2. The standard InChI is InChI=1S/C20H22N4O4S/c1-12-4-2-3-5-16(12)24-17(14-10-29-11-15(14)22-24)21-18(25)19(26)23-8-6-13(7-9-23)20(27)28/h2-5,13H,6-11H2,1H3,(H,21,25)(H,27,28). The van der Waals surface area contributed by atoms with Crippen molar-refractivity contribution in [1.82, 2.24) is 14.7 Å². The van der Waals surface area contributed by atoms with Crippen molar-refractivity contribution in [2.24, 2.45) is 5.92 Å². The van der Waals surface area contributed by atoms with Gasteiger partial charge in [0.25, 0.3) is 0 Å². The van der Waals surface area contributed by atoms with Crippen LogP contribution in [0.4, 0.5) is 5.82 Å². The molecular weight excluding hydrogens is 392 g/mol. The van der Waals surface area contributed by atoms with E-state index < -0.39 is 23.7 Å². The molecule has 3 heterocycles. The van der Waals surface area contributed by atoms with Crippen molar-refractivity contribution in [3.05, 3.63) is 41.1 Å². The molecule has 29 heavy (non-hydrogen) atoms. The molecule has 0 unspecified atom stereocenters. The maximum Gasteiger partial charge on any atom is 0.315 e. The highest BCUT2D eigenvalue weighted by Gasteiger charge is 2.32. The number of thioether (sulfide) groups is 1. The van der Waals surface area contributed by atoms with Crippen LogP contribution >= 0.6 is 11.8 Å². The Balaban J connectivity index is 1.55. The Bertz CT molecular complexity index is 979. The summed E-state index contributed by atoms with van der Waals surface area (Å²) in [6.45, 7) is 2.52. The number of nitrogens with zero attached hydrogens (tertiary/aromatic N) is 3. The molecule has 2 aliphatic heterocycles. The number of aliphatic carboxylic acids is 1. The van der Waals surface area contributed by atoms with Gasteiger partial charge in [-0.05, 0) is 31.4 Å². The summed E-state index contributed by atoms with van der Waals surface area (Å²) in [7, 11) is 0. The molecule has 9 heteroatoms. The molecule has 2 N–H and O–H groups in total. The van der Waals surface area contributed by atoms with E-state index in [1.54, 1.807) is 16.4 Å². The third kappa shape index (κ3) is 3.74. The quantitative estimate of drug-likeness (QED) is 0.746. The molecule has 152 valence electrons. The van der Waals surface area contributed by atoms with Gasteiger partial charge in [-0.15, -0.1) is 0 Å². The Labute approximate surface area is 172 Å². The van der Waals surface area contributed by atoms with Gasteiger partial charge in [-0.25, -0.2) is 4.68 Å². The van der Waals surface area contributed by atoms with Crippen molar-refractivity contribution in [2.75, 3.05) is 18.4 Å². The maximum atomic E-state index is 12.7. The molecule has 0 atom stereocenters. The molecule has 1 fully saturated rings. The second kappa shape index (κ2) is 7.90. The average molecular weight is 414 g/mol. The van der Waals surface area contributed by atoms with E-state index in [4.69, 9.17) is 5.11 Å². The van der Waals surface area contributed by atoms with Gasteiger partial charge in [0.1, 0.15) is 5.82 Å². The lowest BCUT2D eigenvalue weighted by molar-refractivity contribution is -0.148. The lowest BCUT2D eigenvalue weighted by Gasteiger charge is -2.29. The molecule has 1 aromatic carbocycles. The van der Waals surface area contributed by atoms with E-state index in [-0.39, 0.29) is 13.1 Å². The highest BCUT2D eigenvalue weighted by molar-refractivity contribution is 7.98. The molecule has 0 spiro atoms. The fourth-order valence-electron chi connectivity index (χ4n) is 3.75. The van der Waals surface area contributed by atoms with E-state index in [1.807, 2.05) is 31.2 Å². The Morgan fingerprint density at radius 1 is 1.17 bits per heavy atom. The number of aryl methyl sites for hydroxylation is 1. The number of rotatable bonds is 3. The Morgan fingerprint density at radius 3 is 2.59 bits per heavy atom. The van der Waals surface area contributed by atoms with Gasteiger partial charge >= 0.3 is 17.8 Å². The molecule has 2 aromatic rings. The van der Waals surface area contributed by atoms with Crippen LogP contribution in [0.2, 0.25) is 0 Å². The van der Waals surface area contributed by atoms with Gasteiger partial charge in [0.05, 0.1) is 17.3 Å². The third-order valence-electron chi connectivity index (χ3n) is 5.45. The van der Waals surface area contributed by atoms with Crippen LogP contribution in [0.3, 0.4) is 0 Å². The smallest absolute Gasteiger partial charge is 0.315 e. The molecule has 4 rings (SSSR count). The zero-order chi connectivity index (χ0) is 20.5. The molecule has 2 aliphatic rings.